The number of rotatable bonds is 5. The van der Waals surface area contributed by atoms with E-state index in [4.69, 9.17) is 0 Å². The third kappa shape index (κ3) is 4.65. The van der Waals surface area contributed by atoms with Gasteiger partial charge < -0.3 is 5.32 Å². The van der Waals surface area contributed by atoms with E-state index in [1.807, 2.05) is 12.1 Å². The van der Waals surface area contributed by atoms with Gasteiger partial charge in [0.25, 0.3) is 0 Å². The summed E-state index contributed by atoms with van der Waals surface area (Å²) in [4.78, 5) is 12.3. The Morgan fingerprint density at radius 1 is 1.04 bits per heavy atom. The first-order chi connectivity index (χ1) is 10.8. The van der Waals surface area contributed by atoms with E-state index in [2.05, 4.69) is 21.2 Å². The lowest BCUT2D eigenvalue weighted by molar-refractivity contribution is -0.115. The number of carbonyl (C=O) groups excluding carboxylic acids is 1. The minimum atomic E-state index is -3.28. The first-order valence-corrected chi connectivity index (χ1v) is 9.51. The van der Waals surface area contributed by atoms with Crippen LogP contribution in [0.3, 0.4) is 0 Å². The second kappa shape index (κ2) is 7.27. The van der Waals surface area contributed by atoms with Crippen molar-refractivity contribution < 1.29 is 13.2 Å². The van der Waals surface area contributed by atoms with Gasteiger partial charge in [-0.05, 0) is 55.8 Å². The quantitative estimate of drug-likeness (QED) is 0.836. The summed E-state index contributed by atoms with van der Waals surface area (Å²) < 4.78 is 25.0. The molecule has 0 radical (unpaired) electrons. The molecule has 0 bridgehead atoms. The molecule has 1 N–H and O–H groups in total. The molecule has 0 aliphatic rings. The highest BCUT2D eigenvalue weighted by Gasteiger charge is 2.18. The maximum atomic E-state index is 12.1. The number of hydrogen-bond donors (Lipinski definition) is 1. The zero-order valence-electron chi connectivity index (χ0n) is 12.9. The number of amides is 1. The molecule has 0 aromatic heterocycles. The molecule has 2 aromatic rings. The van der Waals surface area contributed by atoms with E-state index in [1.165, 1.54) is 0 Å². The number of nitrogens with one attached hydrogen (secondary N) is 1. The highest BCUT2D eigenvalue weighted by molar-refractivity contribution is 9.10. The van der Waals surface area contributed by atoms with Crippen LogP contribution in [-0.2, 0) is 21.1 Å². The number of halogens is 1. The molecule has 0 unspecified atom stereocenters. The minimum absolute atomic E-state index is 0.146. The van der Waals surface area contributed by atoms with Crippen molar-refractivity contribution in [1.82, 2.24) is 0 Å². The number of benzene rings is 2. The molecule has 0 saturated heterocycles. The fourth-order valence-corrected chi connectivity index (χ4v) is 3.32. The molecule has 0 spiro atoms. The SMILES string of the molecule is CC(C)S(=O)(=O)c1ccc(CC(=O)Nc2ccc(Br)cc2)cc1. The van der Waals surface area contributed by atoms with Crippen molar-refractivity contribution >= 4 is 37.4 Å². The van der Waals surface area contributed by atoms with Gasteiger partial charge in [0.15, 0.2) is 9.84 Å². The fourth-order valence-electron chi connectivity index (χ4n) is 1.99. The van der Waals surface area contributed by atoms with E-state index >= 15 is 0 Å². The molecular formula is C17H18BrNO3S. The third-order valence-corrected chi connectivity index (χ3v) is 6.06. The fraction of sp³-hybridized carbons (Fsp3) is 0.235. The van der Waals surface area contributed by atoms with E-state index in [0.717, 1.165) is 15.7 Å². The molecule has 0 atom stereocenters. The number of sulfone groups is 1. The summed E-state index contributed by atoms with van der Waals surface area (Å²) in [6.07, 6.45) is 0.193. The van der Waals surface area contributed by atoms with E-state index in [-0.39, 0.29) is 17.2 Å². The molecule has 2 rings (SSSR count). The van der Waals surface area contributed by atoms with Crippen molar-refractivity contribution in [3.63, 3.8) is 0 Å². The highest BCUT2D eigenvalue weighted by atomic mass is 79.9. The molecule has 0 fully saturated rings. The van der Waals surface area contributed by atoms with Gasteiger partial charge in [0.1, 0.15) is 0 Å². The van der Waals surface area contributed by atoms with Crippen LogP contribution >= 0.6 is 15.9 Å². The van der Waals surface area contributed by atoms with Crippen molar-refractivity contribution in [1.29, 1.82) is 0 Å². The maximum Gasteiger partial charge on any atom is 0.228 e. The Hall–Kier alpha value is -1.66. The van der Waals surface area contributed by atoms with Crippen molar-refractivity contribution in [2.75, 3.05) is 5.32 Å². The Bertz CT molecular complexity index is 782. The van der Waals surface area contributed by atoms with Crippen LogP contribution in [0.2, 0.25) is 0 Å². The Kier molecular flexibility index (Phi) is 5.59. The minimum Gasteiger partial charge on any atom is -0.326 e. The van der Waals surface area contributed by atoms with Gasteiger partial charge in [0.2, 0.25) is 5.91 Å². The van der Waals surface area contributed by atoms with E-state index < -0.39 is 15.1 Å². The number of carbonyl (C=O) groups is 1. The van der Waals surface area contributed by atoms with Gasteiger partial charge >= 0.3 is 0 Å². The standard InChI is InChI=1S/C17H18BrNO3S/c1-12(2)23(21,22)16-9-3-13(4-10-16)11-17(20)19-15-7-5-14(18)6-8-15/h3-10,12H,11H2,1-2H3,(H,19,20). The van der Waals surface area contributed by atoms with Crippen molar-refractivity contribution in [2.24, 2.45) is 0 Å². The van der Waals surface area contributed by atoms with Crippen LogP contribution in [0, 0.1) is 0 Å². The lowest BCUT2D eigenvalue weighted by Gasteiger charge is -2.09. The predicted molar refractivity (Wildman–Crippen MR) is 95.2 cm³/mol. The normalized spacial score (nSPS) is 11.5. The zero-order chi connectivity index (χ0) is 17.0. The molecule has 0 aliphatic heterocycles. The topological polar surface area (TPSA) is 63.2 Å². The average Bonchev–Trinajstić information content (AvgIpc) is 2.50. The maximum absolute atomic E-state index is 12.1. The van der Waals surface area contributed by atoms with Crippen LogP contribution in [0.4, 0.5) is 5.69 Å². The van der Waals surface area contributed by atoms with Gasteiger partial charge in [-0.1, -0.05) is 28.1 Å². The monoisotopic (exact) mass is 395 g/mol. The smallest absolute Gasteiger partial charge is 0.228 e. The first-order valence-electron chi connectivity index (χ1n) is 7.17. The van der Waals surface area contributed by atoms with Gasteiger partial charge in [-0.25, -0.2) is 8.42 Å². The summed E-state index contributed by atoms with van der Waals surface area (Å²) in [7, 11) is -3.28. The molecule has 1 amide bonds. The van der Waals surface area contributed by atoms with E-state index in [1.54, 1.807) is 50.2 Å². The second-order valence-corrected chi connectivity index (χ2v) is 8.89. The van der Waals surface area contributed by atoms with Crippen LogP contribution in [0.15, 0.2) is 57.9 Å². The van der Waals surface area contributed by atoms with Crippen LogP contribution in [0.5, 0.6) is 0 Å². The van der Waals surface area contributed by atoms with Gasteiger partial charge in [0.05, 0.1) is 16.6 Å². The average molecular weight is 396 g/mol. The summed E-state index contributed by atoms with van der Waals surface area (Å²) in [6.45, 7) is 3.30. The zero-order valence-corrected chi connectivity index (χ0v) is 15.3. The Morgan fingerprint density at radius 3 is 2.13 bits per heavy atom. The number of anilines is 1. The van der Waals surface area contributed by atoms with Gasteiger partial charge in [-0.2, -0.15) is 0 Å². The van der Waals surface area contributed by atoms with E-state index in [0.29, 0.717) is 0 Å². The van der Waals surface area contributed by atoms with Crippen molar-refractivity contribution in [2.45, 2.75) is 30.4 Å². The summed E-state index contributed by atoms with van der Waals surface area (Å²) in [5, 5.41) is 2.34. The molecule has 0 saturated carbocycles. The largest absolute Gasteiger partial charge is 0.326 e. The lowest BCUT2D eigenvalue weighted by Crippen LogP contribution is -2.15. The molecule has 2 aromatic carbocycles. The molecule has 6 heteroatoms. The molecule has 122 valence electrons. The van der Waals surface area contributed by atoms with Crippen LogP contribution in [0.1, 0.15) is 19.4 Å². The van der Waals surface area contributed by atoms with Crippen molar-refractivity contribution in [3.8, 4) is 0 Å². The van der Waals surface area contributed by atoms with Crippen molar-refractivity contribution in [3.05, 3.63) is 58.6 Å². The van der Waals surface area contributed by atoms with Gasteiger partial charge in [-0.15, -0.1) is 0 Å². The number of hydrogen-bond acceptors (Lipinski definition) is 3. The van der Waals surface area contributed by atoms with Crippen LogP contribution < -0.4 is 5.32 Å². The summed E-state index contributed by atoms with van der Waals surface area (Å²) in [5.74, 6) is -0.146. The Labute approximate surface area is 145 Å². The molecule has 23 heavy (non-hydrogen) atoms. The third-order valence-electron chi connectivity index (χ3n) is 3.37. The molecule has 0 aliphatic carbocycles. The second-order valence-electron chi connectivity index (χ2n) is 5.47. The molecule has 0 heterocycles. The summed E-state index contributed by atoms with van der Waals surface area (Å²) in [5.41, 5.74) is 1.49. The molecule has 4 nitrogen and oxygen atoms in total. The lowest BCUT2D eigenvalue weighted by atomic mass is 10.1. The summed E-state index contributed by atoms with van der Waals surface area (Å²) >= 11 is 3.34. The Balaban J connectivity index is 2.03. The summed E-state index contributed by atoms with van der Waals surface area (Å²) in [6, 6.07) is 13.8. The van der Waals surface area contributed by atoms with Crippen LogP contribution in [-0.4, -0.2) is 19.6 Å². The Morgan fingerprint density at radius 2 is 1.61 bits per heavy atom. The highest BCUT2D eigenvalue weighted by Crippen LogP contribution is 2.17. The van der Waals surface area contributed by atoms with E-state index in [9.17, 15) is 13.2 Å². The van der Waals surface area contributed by atoms with Gasteiger partial charge in [0, 0.05) is 10.2 Å². The van der Waals surface area contributed by atoms with Crippen LogP contribution in [0.25, 0.3) is 0 Å². The first kappa shape index (κ1) is 17.7. The van der Waals surface area contributed by atoms with Gasteiger partial charge in [-0.3, -0.25) is 4.79 Å². The predicted octanol–water partition coefficient (Wildman–Crippen LogP) is 3.81. The molecular weight excluding hydrogens is 378 g/mol.